The smallest absolute Gasteiger partial charge is 0.310 e. The predicted molar refractivity (Wildman–Crippen MR) is 133 cm³/mol. The molecule has 1 aromatic heterocycles. The molecule has 2 saturated heterocycles. The van der Waals surface area contributed by atoms with E-state index in [0.717, 1.165) is 15.8 Å². The Labute approximate surface area is 219 Å². The average molecular weight is 549 g/mol. The number of rotatable bonds is 3. The summed E-state index contributed by atoms with van der Waals surface area (Å²) in [6.45, 7) is -0.891. The van der Waals surface area contributed by atoms with E-state index in [-0.39, 0.29) is 21.3 Å². The van der Waals surface area contributed by atoms with Gasteiger partial charge in [-0.25, -0.2) is 8.78 Å². The monoisotopic (exact) mass is 548 g/mol. The third-order valence-corrected chi connectivity index (χ3v) is 8.27. The molecule has 6 rings (SSSR count). The number of aliphatic carboxylic acids is 1. The molecular weight excluding hydrogens is 529 g/mol. The van der Waals surface area contributed by atoms with E-state index in [4.69, 9.17) is 23.2 Å². The van der Waals surface area contributed by atoms with E-state index in [0.29, 0.717) is 5.69 Å². The van der Waals surface area contributed by atoms with Crippen molar-refractivity contribution in [3.05, 3.63) is 58.2 Å². The van der Waals surface area contributed by atoms with Gasteiger partial charge in [0.25, 0.3) is 11.8 Å². The van der Waals surface area contributed by atoms with Gasteiger partial charge in [-0.1, -0.05) is 23.2 Å². The first-order valence-electron chi connectivity index (χ1n) is 11.5. The van der Waals surface area contributed by atoms with Crippen molar-refractivity contribution < 1.29 is 28.3 Å². The number of alkyl halides is 2. The van der Waals surface area contributed by atoms with Crippen LogP contribution in [-0.4, -0.2) is 50.9 Å². The molecule has 8 nitrogen and oxygen atoms in total. The number of nitrogens with one attached hydrogen (secondary N) is 2. The number of carboxylic acids is 1. The van der Waals surface area contributed by atoms with Crippen molar-refractivity contribution in [2.45, 2.75) is 23.9 Å². The van der Waals surface area contributed by atoms with Crippen LogP contribution in [0, 0.1) is 11.8 Å². The van der Waals surface area contributed by atoms with Gasteiger partial charge in [-0.2, -0.15) is 0 Å². The normalized spacial score (nSPS) is 27.9. The number of hydrogen-bond acceptors (Lipinski definition) is 4. The van der Waals surface area contributed by atoms with E-state index in [1.165, 1.54) is 12.1 Å². The minimum atomic E-state index is -3.24. The molecule has 4 heterocycles. The number of carboxylic acid groups (broad SMARTS) is 1. The molecule has 0 bridgehead atoms. The van der Waals surface area contributed by atoms with Gasteiger partial charge in [-0.05, 0) is 36.4 Å². The molecule has 3 N–H and O–H groups in total. The molecule has 3 aromatic rings. The van der Waals surface area contributed by atoms with Crippen LogP contribution in [0.5, 0.6) is 0 Å². The van der Waals surface area contributed by atoms with Crippen LogP contribution >= 0.6 is 23.2 Å². The number of nitrogens with zero attached hydrogens (tertiary/aromatic N) is 2. The summed E-state index contributed by atoms with van der Waals surface area (Å²) in [6.07, 6.45) is 1.08. The quantitative estimate of drug-likeness (QED) is 0.452. The van der Waals surface area contributed by atoms with Crippen LogP contribution in [0.4, 0.5) is 20.2 Å². The SMILES string of the molecule is Cn1ccc2cc(NC(=O)[C@H]3[C@H]4CC(F)(F)CN4[C@]4(C(=O)Nc5c(Cl)cc(Cl)cc54)[C@H]3C(=O)O)ccc21. The van der Waals surface area contributed by atoms with E-state index in [9.17, 15) is 28.3 Å². The lowest BCUT2D eigenvalue weighted by molar-refractivity contribution is -0.153. The van der Waals surface area contributed by atoms with Gasteiger partial charge in [-0.15, -0.1) is 0 Å². The summed E-state index contributed by atoms with van der Waals surface area (Å²) in [5, 5.41) is 16.7. The lowest BCUT2D eigenvalue weighted by Gasteiger charge is -2.35. The molecule has 0 saturated carbocycles. The number of fused-ring (bicyclic) bond motifs is 5. The molecule has 2 aromatic carbocycles. The minimum Gasteiger partial charge on any atom is -0.481 e. The highest BCUT2D eigenvalue weighted by Crippen LogP contribution is 2.61. The van der Waals surface area contributed by atoms with Gasteiger partial charge in [0.15, 0.2) is 0 Å². The Morgan fingerprint density at radius 1 is 1.19 bits per heavy atom. The first-order chi connectivity index (χ1) is 17.4. The molecule has 12 heteroatoms. The Kier molecular flexibility index (Phi) is 5.15. The number of benzene rings is 2. The Bertz CT molecular complexity index is 1530. The number of amides is 2. The lowest BCUT2D eigenvalue weighted by atomic mass is 9.73. The maximum atomic E-state index is 14.8. The fraction of sp³-hybridized carbons (Fsp3) is 0.320. The maximum Gasteiger partial charge on any atom is 0.310 e. The van der Waals surface area contributed by atoms with Gasteiger partial charge >= 0.3 is 5.97 Å². The Morgan fingerprint density at radius 2 is 1.95 bits per heavy atom. The molecule has 2 amide bonds. The highest BCUT2D eigenvalue weighted by molar-refractivity contribution is 6.38. The first kappa shape index (κ1) is 24.1. The molecule has 4 atom stereocenters. The van der Waals surface area contributed by atoms with Gasteiger partial charge in [0.05, 0.1) is 23.2 Å². The molecule has 192 valence electrons. The number of halogens is 4. The van der Waals surface area contributed by atoms with Crippen molar-refractivity contribution in [1.29, 1.82) is 0 Å². The third kappa shape index (κ3) is 3.32. The van der Waals surface area contributed by atoms with Crippen LogP contribution in [0.1, 0.15) is 12.0 Å². The molecule has 0 unspecified atom stereocenters. The minimum absolute atomic E-state index is 0.0448. The van der Waals surface area contributed by atoms with Crippen LogP contribution in [-0.2, 0) is 27.0 Å². The van der Waals surface area contributed by atoms with Crippen molar-refractivity contribution in [2.75, 3.05) is 17.2 Å². The summed E-state index contributed by atoms with van der Waals surface area (Å²) in [6, 6.07) is 8.51. The second kappa shape index (κ2) is 7.89. The number of carbonyl (C=O) groups excluding carboxylic acids is 2. The van der Waals surface area contributed by atoms with Crippen molar-refractivity contribution in [1.82, 2.24) is 9.47 Å². The standard InChI is InChI=1S/C25H20Cl2F2N4O4/c1-32-5-4-11-6-13(2-3-16(11)32)30-21(34)18-17-9-24(28,29)10-33(17)25(19(18)22(35)36)14-7-12(26)8-15(27)20(14)31-23(25)37/h2-8,17-19H,9-10H2,1H3,(H,30,34)(H,31,37)(H,35,36)/t17-,18+,19-,25+/m1/s1. The summed E-state index contributed by atoms with van der Waals surface area (Å²) in [5.74, 6) is -9.44. The number of hydrogen-bond donors (Lipinski definition) is 3. The molecule has 3 aliphatic rings. The molecular formula is C25H20Cl2F2N4O4. The van der Waals surface area contributed by atoms with Crippen LogP contribution < -0.4 is 10.6 Å². The predicted octanol–water partition coefficient (Wildman–Crippen LogP) is 4.31. The van der Waals surface area contributed by atoms with Crippen molar-refractivity contribution in [2.24, 2.45) is 18.9 Å². The van der Waals surface area contributed by atoms with Gasteiger partial charge < -0.3 is 20.3 Å². The highest BCUT2D eigenvalue weighted by Gasteiger charge is 2.74. The Morgan fingerprint density at radius 3 is 2.68 bits per heavy atom. The molecule has 0 aliphatic carbocycles. The van der Waals surface area contributed by atoms with E-state index in [1.54, 1.807) is 18.2 Å². The second-order valence-electron chi connectivity index (χ2n) is 9.82. The van der Waals surface area contributed by atoms with Gasteiger partial charge in [0.2, 0.25) is 5.91 Å². The second-order valence-corrected chi connectivity index (χ2v) is 10.7. The van der Waals surface area contributed by atoms with E-state index >= 15 is 0 Å². The fourth-order valence-electron chi connectivity index (χ4n) is 6.38. The zero-order chi connectivity index (χ0) is 26.4. The van der Waals surface area contributed by atoms with E-state index in [2.05, 4.69) is 10.6 Å². The summed E-state index contributed by atoms with van der Waals surface area (Å²) in [5.41, 5.74) is -0.618. The average Bonchev–Trinajstić information content (AvgIpc) is 3.49. The van der Waals surface area contributed by atoms with Gasteiger partial charge in [-0.3, -0.25) is 19.3 Å². The number of anilines is 2. The molecule has 2 fully saturated rings. The molecule has 37 heavy (non-hydrogen) atoms. The van der Waals surface area contributed by atoms with Crippen LogP contribution in [0.15, 0.2) is 42.6 Å². The molecule has 3 aliphatic heterocycles. The summed E-state index contributed by atoms with van der Waals surface area (Å²) < 4.78 is 31.5. The first-order valence-corrected chi connectivity index (χ1v) is 12.2. The number of aromatic nitrogens is 1. The highest BCUT2D eigenvalue weighted by atomic mass is 35.5. The third-order valence-electron chi connectivity index (χ3n) is 7.76. The summed E-state index contributed by atoms with van der Waals surface area (Å²) in [7, 11) is 1.87. The zero-order valence-electron chi connectivity index (χ0n) is 19.3. The van der Waals surface area contributed by atoms with Crippen molar-refractivity contribution >= 4 is 63.3 Å². The maximum absolute atomic E-state index is 14.8. The Hall–Kier alpha value is -3.21. The summed E-state index contributed by atoms with van der Waals surface area (Å²) >= 11 is 12.5. The Balaban J connectivity index is 1.49. The van der Waals surface area contributed by atoms with E-state index < -0.39 is 60.1 Å². The van der Waals surface area contributed by atoms with Crippen LogP contribution in [0.3, 0.4) is 0 Å². The fourth-order valence-corrected chi connectivity index (χ4v) is 6.93. The van der Waals surface area contributed by atoms with Crippen LogP contribution in [0.2, 0.25) is 10.0 Å². The van der Waals surface area contributed by atoms with Gasteiger partial charge in [0.1, 0.15) is 11.5 Å². The van der Waals surface area contributed by atoms with Crippen LogP contribution in [0.25, 0.3) is 10.9 Å². The topological polar surface area (TPSA) is 104 Å². The van der Waals surface area contributed by atoms with Crippen molar-refractivity contribution in [3.63, 3.8) is 0 Å². The largest absolute Gasteiger partial charge is 0.481 e. The number of aryl methyl sites for hydroxylation is 1. The summed E-state index contributed by atoms with van der Waals surface area (Å²) in [4.78, 5) is 41.2. The van der Waals surface area contributed by atoms with Crippen molar-refractivity contribution in [3.8, 4) is 0 Å². The number of carbonyl (C=O) groups is 3. The van der Waals surface area contributed by atoms with E-state index in [1.807, 2.05) is 23.9 Å². The van der Waals surface area contributed by atoms with Gasteiger partial charge in [0, 0.05) is 52.9 Å². The lowest BCUT2D eigenvalue weighted by Crippen LogP contribution is -2.54. The molecule has 1 spiro atoms. The molecule has 0 radical (unpaired) electrons. The zero-order valence-corrected chi connectivity index (χ0v) is 20.8.